The molecule has 1 heterocycles. The number of rotatable bonds is 7. The number of unbranched alkanes of at least 4 members (excludes halogenated alkanes) is 4. The molecule has 0 amide bonds. The Morgan fingerprint density at radius 3 is 2.59 bits per heavy atom. The van der Waals surface area contributed by atoms with E-state index in [1.54, 1.807) is 12.1 Å². The van der Waals surface area contributed by atoms with Crippen molar-refractivity contribution in [1.82, 2.24) is 4.98 Å². The van der Waals surface area contributed by atoms with Crippen LogP contribution in [-0.4, -0.2) is 18.0 Å². The van der Waals surface area contributed by atoms with Crippen molar-refractivity contribution in [1.29, 1.82) is 0 Å². The summed E-state index contributed by atoms with van der Waals surface area (Å²) in [4.78, 5) is 3.73. The van der Waals surface area contributed by atoms with Crippen LogP contribution in [0.1, 0.15) is 44.6 Å². The zero-order valence-electron chi connectivity index (χ0n) is 10.1. The fourth-order valence-corrected chi connectivity index (χ4v) is 2.46. The van der Waals surface area contributed by atoms with Gasteiger partial charge in [-0.15, -0.1) is 0 Å². The van der Waals surface area contributed by atoms with Crippen LogP contribution >= 0.6 is 0 Å². The summed E-state index contributed by atoms with van der Waals surface area (Å²) in [7, 11) is -4.19. The van der Waals surface area contributed by atoms with E-state index >= 15 is 0 Å². The van der Waals surface area contributed by atoms with E-state index in [4.69, 9.17) is 4.55 Å². The Morgan fingerprint density at radius 1 is 1.24 bits per heavy atom. The SMILES string of the molecule is CCCCCCCc1cccnc1S(=O)(=O)O. The summed E-state index contributed by atoms with van der Waals surface area (Å²) in [5.41, 5.74) is 0.603. The van der Waals surface area contributed by atoms with Crippen LogP contribution in [0.5, 0.6) is 0 Å². The maximum atomic E-state index is 11.1. The lowest BCUT2D eigenvalue weighted by Crippen LogP contribution is -2.05. The van der Waals surface area contributed by atoms with E-state index in [0.717, 1.165) is 19.3 Å². The van der Waals surface area contributed by atoms with Crippen LogP contribution in [-0.2, 0) is 16.5 Å². The van der Waals surface area contributed by atoms with E-state index in [1.165, 1.54) is 19.0 Å². The van der Waals surface area contributed by atoms with E-state index < -0.39 is 10.1 Å². The fourth-order valence-electron chi connectivity index (χ4n) is 1.77. The molecule has 0 aliphatic heterocycles. The lowest BCUT2D eigenvalue weighted by molar-refractivity contribution is 0.477. The van der Waals surface area contributed by atoms with Crippen molar-refractivity contribution in [2.75, 3.05) is 0 Å². The van der Waals surface area contributed by atoms with Gasteiger partial charge in [0.2, 0.25) is 0 Å². The van der Waals surface area contributed by atoms with Crippen LogP contribution in [0.25, 0.3) is 0 Å². The van der Waals surface area contributed by atoms with Gasteiger partial charge in [0.15, 0.2) is 5.03 Å². The van der Waals surface area contributed by atoms with Gasteiger partial charge in [-0.05, 0) is 24.5 Å². The van der Waals surface area contributed by atoms with Gasteiger partial charge in [0.05, 0.1) is 0 Å². The van der Waals surface area contributed by atoms with Crippen LogP contribution in [0.3, 0.4) is 0 Å². The van der Waals surface area contributed by atoms with Crippen molar-refractivity contribution in [3.63, 3.8) is 0 Å². The molecule has 17 heavy (non-hydrogen) atoms. The largest absolute Gasteiger partial charge is 0.312 e. The van der Waals surface area contributed by atoms with Gasteiger partial charge in [0, 0.05) is 6.20 Å². The zero-order valence-corrected chi connectivity index (χ0v) is 10.9. The number of pyridine rings is 1. The zero-order chi connectivity index (χ0) is 12.7. The highest BCUT2D eigenvalue weighted by atomic mass is 32.2. The van der Waals surface area contributed by atoms with E-state index in [2.05, 4.69) is 11.9 Å². The molecule has 1 aromatic heterocycles. The monoisotopic (exact) mass is 257 g/mol. The molecule has 0 bridgehead atoms. The Kier molecular flexibility index (Phi) is 5.58. The molecule has 96 valence electrons. The predicted molar refractivity (Wildman–Crippen MR) is 66.5 cm³/mol. The summed E-state index contributed by atoms with van der Waals surface area (Å²) in [6.45, 7) is 2.15. The molecule has 0 fully saturated rings. The second-order valence-electron chi connectivity index (χ2n) is 4.11. The molecule has 0 aliphatic rings. The molecule has 0 aliphatic carbocycles. The summed E-state index contributed by atoms with van der Waals surface area (Å²) in [5.74, 6) is 0. The molecule has 0 spiro atoms. The molecule has 5 heteroatoms. The third-order valence-electron chi connectivity index (χ3n) is 2.64. The standard InChI is InChI=1S/C12H19NO3S/c1-2-3-4-5-6-8-11-9-7-10-13-12(11)17(14,15)16/h7,9-10H,2-6,8H2,1H3,(H,14,15,16). The Balaban J connectivity index is 2.59. The first-order valence-electron chi connectivity index (χ1n) is 5.97. The van der Waals surface area contributed by atoms with Gasteiger partial charge in [0.1, 0.15) is 0 Å². The highest BCUT2D eigenvalue weighted by Gasteiger charge is 2.15. The highest BCUT2D eigenvalue weighted by Crippen LogP contribution is 2.15. The number of nitrogens with zero attached hydrogens (tertiary/aromatic N) is 1. The maximum Gasteiger partial charge on any atom is 0.312 e. The van der Waals surface area contributed by atoms with E-state index in [1.807, 2.05) is 0 Å². The normalized spacial score (nSPS) is 11.6. The van der Waals surface area contributed by atoms with Crippen molar-refractivity contribution in [2.45, 2.75) is 50.5 Å². The van der Waals surface area contributed by atoms with E-state index in [9.17, 15) is 8.42 Å². The van der Waals surface area contributed by atoms with Crippen molar-refractivity contribution in [2.24, 2.45) is 0 Å². The number of aryl methyl sites for hydroxylation is 1. The van der Waals surface area contributed by atoms with Crippen LogP contribution in [0.15, 0.2) is 23.4 Å². The Labute approximate surface area is 103 Å². The minimum atomic E-state index is -4.19. The van der Waals surface area contributed by atoms with Gasteiger partial charge < -0.3 is 0 Å². The topological polar surface area (TPSA) is 67.3 Å². The predicted octanol–water partition coefficient (Wildman–Crippen LogP) is 2.84. The van der Waals surface area contributed by atoms with Crippen LogP contribution in [0.2, 0.25) is 0 Å². The van der Waals surface area contributed by atoms with Gasteiger partial charge >= 0.3 is 10.1 Å². The average molecular weight is 257 g/mol. The summed E-state index contributed by atoms with van der Waals surface area (Å²) < 4.78 is 31.2. The van der Waals surface area contributed by atoms with Crippen molar-refractivity contribution in [3.8, 4) is 0 Å². The fraction of sp³-hybridized carbons (Fsp3) is 0.583. The molecular formula is C12H19NO3S. The molecule has 0 atom stereocenters. The van der Waals surface area contributed by atoms with Crippen molar-refractivity contribution in [3.05, 3.63) is 23.9 Å². The number of aromatic nitrogens is 1. The third kappa shape index (κ3) is 4.83. The van der Waals surface area contributed by atoms with Gasteiger partial charge in [-0.25, -0.2) is 4.98 Å². The molecule has 0 saturated heterocycles. The second kappa shape index (κ2) is 6.71. The minimum absolute atomic E-state index is 0.199. The molecule has 0 saturated carbocycles. The lowest BCUT2D eigenvalue weighted by Gasteiger charge is -2.05. The molecule has 0 unspecified atom stereocenters. The first-order valence-corrected chi connectivity index (χ1v) is 7.41. The van der Waals surface area contributed by atoms with Crippen molar-refractivity contribution >= 4 is 10.1 Å². The maximum absolute atomic E-state index is 11.1. The minimum Gasteiger partial charge on any atom is -0.281 e. The van der Waals surface area contributed by atoms with Crippen LogP contribution in [0, 0.1) is 0 Å². The van der Waals surface area contributed by atoms with Gasteiger partial charge in [-0.2, -0.15) is 8.42 Å². The van der Waals surface area contributed by atoms with Crippen molar-refractivity contribution < 1.29 is 13.0 Å². The van der Waals surface area contributed by atoms with Crippen LogP contribution < -0.4 is 0 Å². The third-order valence-corrected chi connectivity index (χ3v) is 3.50. The summed E-state index contributed by atoms with van der Waals surface area (Å²) in [6.07, 6.45) is 7.58. The Hall–Kier alpha value is -0.940. The van der Waals surface area contributed by atoms with Gasteiger partial charge in [0.25, 0.3) is 0 Å². The second-order valence-corrected chi connectivity index (χ2v) is 5.44. The number of hydrogen-bond acceptors (Lipinski definition) is 3. The first-order chi connectivity index (χ1) is 8.05. The number of hydrogen-bond donors (Lipinski definition) is 1. The molecule has 0 radical (unpaired) electrons. The summed E-state index contributed by atoms with van der Waals surface area (Å²) >= 11 is 0. The first kappa shape index (κ1) is 14.1. The molecular weight excluding hydrogens is 238 g/mol. The average Bonchev–Trinajstić information content (AvgIpc) is 2.28. The quantitative estimate of drug-likeness (QED) is 0.602. The molecule has 0 aromatic carbocycles. The molecule has 1 rings (SSSR count). The molecule has 1 aromatic rings. The van der Waals surface area contributed by atoms with Gasteiger partial charge in [-0.3, -0.25) is 4.55 Å². The van der Waals surface area contributed by atoms with Gasteiger partial charge in [-0.1, -0.05) is 38.7 Å². The van der Waals surface area contributed by atoms with Crippen LogP contribution in [0.4, 0.5) is 0 Å². The summed E-state index contributed by atoms with van der Waals surface area (Å²) in [6, 6.07) is 3.39. The Morgan fingerprint density at radius 2 is 1.94 bits per heavy atom. The smallest absolute Gasteiger partial charge is 0.281 e. The highest BCUT2D eigenvalue weighted by molar-refractivity contribution is 7.85. The lowest BCUT2D eigenvalue weighted by atomic mass is 10.1. The van der Waals surface area contributed by atoms with E-state index in [0.29, 0.717) is 12.0 Å². The molecule has 1 N–H and O–H groups in total. The van der Waals surface area contributed by atoms with E-state index in [-0.39, 0.29) is 5.03 Å². The summed E-state index contributed by atoms with van der Waals surface area (Å²) in [5, 5.41) is -0.199. The Bertz CT molecular complexity index is 443. The molecule has 4 nitrogen and oxygen atoms in total.